The highest BCUT2D eigenvalue weighted by atomic mass is 19.4. The van der Waals surface area contributed by atoms with Crippen molar-refractivity contribution in [2.24, 2.45) is 0 Å². The second kappa shape index (κ2) is 11.4. The zero-order valence-electron chi connectivity index (χ0n) is 23.8. The number of halogens is 3. The molecule has 2 aliphatic carbocycles. The first-order valence-electron chi connectivity index (χ1n) is 13.2. The van der Waals surface area contributed by atoms with Gasteiger partial charge in [0.25, 0.3) is 0 Å². The predicted molar refractivity (Wildman–Crippen MR) is 161 cm³/mol. The molecule has 8 nitrogen and oxygen atoms in total. The van der Waals surface area contributed by atoms with Crippen molar-refractivity contribution < 1.29 is 13.2 Å². The Kier molecular flexibility index (Phi) is 7.49. The van der Waals surface area contributed by atoms with Gasteiger partial charge in [0, 0.05) is 22.3 Å². The van der Waals surface area contributed by atoms with E-state index in [1.165, 1.54) is 55.5 Å². The average Bonchev–Trinajstić information content (AvgIpc) is 3.54. The van der Waals surface area contributed by atoms with Crippen molar-refractivity contribution in [3.8, 4) is 42.5 Å². The van der Waals surface area contributed by atoms with Crippen molar-refractivity contribution in [3.05, 3.63) is 127 Å². The fraction of sp³-hybridized carbons (Fsp3) is 0.0556. The number of alkyl halides is 3. The third-order valence-electron chi connectivity index (χ3n) is 7.65. The lowest BCUT2D eigenvalue weighted by molar-refractivity contribution is -0.0862. The van der Waals surface area contributed by atoms with Crippen LogP contribution in [0.2, 0.25) is 0 Å². The van der Waals surface area contributed by atoms with E-state index in [0.29, 0.717) is 5.57 Å². The summed E-state index contributed by atoms with van der Waals surface area (Å²) < 4.78 is 44.5. The maximum absolute atomic E-state index is 14.8. The molecule has 0 aliphatic heterocycles. The zero-order valence-corrected chi connectivity index (χ0v) is 23.8. The van der Waals surface area contributed by atoms with Gasteiger partial charge in [-0.25, -0.2) is 4.85 Å². The van der Waals surface area contributed by atoms with Crippen LogP contribution in [0.15, 0.2) is 59.7 Å². The molecule has 3 aromatic carbocycles. The molecule has 0 saturated carbocycles. The molecule has 216 valence electrons. The number of nitriles is 7. The Hall–Kier alpha value is -7.67. The van der Waals surface area contributed by atoms with E-state index in [-0.39, 0.29) is 72.4 Å². The molecule has 0 heterocycles. The van der Waals surface area contributed by atoms with Crippen LogP contribution in [0.1, 0.15) is 62.6 Å². The molecule has 0 amide bonds. The highest BCUT2D eigenvalue weighted by molar-refractivity contribution is 6.18. The number of rotatable bonds is 2. The molecule has 0 spiro atoms. The van der Waals surface area contributed by atoms with Gasteiger partial charge in [-0.3, -0.25) is 0 Å². The highest BCUT2D eigenvalue weighted by Crippen LogP contribution is 2.55. The van der Waals surface area contributed by atoms with E-state index in [2.05, 4.69) is 4.85 Å². The van der Waals surface area contributed by atoms with Crippen LogP contribution in [-0.4, -0.2) is 6.18 Å². The van der Waals surface area contributed by atoms with E-state index in [4.69, 9.17) is 6.57 Å². The molecular formula is C36H11F3N8. The average molecular weight is 613 g/mol. The SMILES string of the molecule is [C-]#[N+]/C(=C1/C(C(F)(F)F)=C(C#N)c2cc3c(cc21)C(C#N)=C(C)/C3=C(/C#N)c1cc(C#N)cc(C#N)c1)c1cc(C#N)cc(C#N)c1. The molecule has 11 heteroatoms. The summed E-state index contributed by atoms with van der Waals surface area (Å²) in [4.78, 5) is 3.38. The second-order valence-electron chi connectivity index (χ2n) is 10.2. The minimum absolute atomic E-state index is 0.0171. The van der Waals surface area contributed by atoms with Crippen LogP contribution in [0.3, 0.4) is 0 Å². The summed E-state index contributed by atoms with van der Waals surface area (Å²) in [7, 11) is 0. The lowest BCUT2D eigenvalue weighted by atomic mass is 9.89. The summed E-state index contributed by atoms with van der Waals surface area (Å²) in [5, 5.41) is 68.4. The van der Waals surface area contributed by atoms with Gasteiger partial charge in [-0.05, 0) is 83.3 Å². The topological polar surface area (TPSA) is 171 Å². The van der Waals surface area contributed by atoms with E-state index in [9.17, 15) is 50.0 Å². The van der Waals surface area contributed by atoms with Crippen LogP contribution < -0.4 is 0 Å². The molecule has 0 atom stereocenters. The van der Waals surface area contributed by atoms with E-state index >= 15 is 0 Å². The molecule has 0 radical (unpaired) electrons. The largest absolute Gasteiger partial charge is 0.417 e. The fourth-order valence-corrected chi connectivity index (χ4v) is 5.79. The third-order valence-corrected chi connectivity index (χ3v) is 7.65. The van der Waals surface area contributed by atoms with E-state index in [0.717, 1.165) is 0 Å². The standard InChI is InChI=1S/C36H11F3N8/c1-18-29(15-44)25-9-28-26(10-27(25)32(18)30(16-45)23-5-19(11-40)3-20(6-23)12-41)31(17-46)34(36(37,38)39)33(28)35(47-2)24-7-21(13-42)4-22(8-24)14-43/h3-10H,1H3/b32-30+,35-33+. The molecule has 0 aromatic heterocycles. The van der Waals surface area contributed by atoms with Crippen molar-refractivity contribution in [1.82, 2.24) is 0 Å². The Morgan fingerprint density at radius 3 is 1.45 bits per heavy atom. The number of benzene rings is 3. The molecule has 0 unspecified atom stereocenters. The van der Waals surface area contributed by atoms with Gasteiger partial charge in [0.15, 0.2) is 0 Å². The second-order valence-corrected chi connectivity index (χ2v) is 10.2. The van der Waals surface area contributed by atoms with Crippen molar-refractivity contribution >= 4 is 33.6 Å². The molecule has 0 bridgehead atoms. The summed E-state index contributed by atoms with van der Waals surface area (Å²) in [5.74, 6) is 0. The Labute approximate surface area is 265 Å². The van der Waals surface area contributed by atoms with Gasteiger partial charge in [-0.2, -0.15) is 50.0 Å². The quantitative estimate of drug-likeness (QED) is 0.212. The van der Waals surface area contributed by atoms with Crippen molar-refractivity contribution in [3.63, 3.8) is 0 Å². The van der Waals surface area contributed by atoms with Gasteiger partial charge in [-0.1, -0.05) is 0 Å². The first kappa shape index (κ1) is 30.8. The summed E-state index contributed by atoms with van der Waals surface area (Å²) in [5.41, 5.74) is -3.11. The van der Waals surface area contributed by atoms with Crippen molar-refractivity contribution in [2.45, 2.75) is 13.1 Å². The molecule has 2 aliphatic rings. The molecule has 5 rings (SSSR count). The minimum atomic E-state index is -5.14. The Bertz CT molecular complexity index is 2420. The number of hydrogen-bond acceptors (Lipinski definition) is 7. The minimum Gasteiger partial charge on any atom is -0.237 e. The van der Waals surface area contributed by atoms with Gasteiger partial charge >= 0.3 is 6.18 Å². The van der Waals surface area contributed by atoms with E-state index in [1.54, 1.807) is 6.07 Å². The van der Waals surface area contributed by atoms with E-state index in [1.807, 2.05) is 36.4 Å². The summed E-state index contributed by atoms with van der Waals surface area (Å²) in [6, 6.07) is 23.3. The molecule has 0 fully saturated rings. The fourth-order valence-electron chi connectivity index (χ4n) is 5.79. The van der Waals surface area contributed by atoms with E-state index < -0.39 is 28.6 Å². The predicted octanol–water partition coefficient (Wildman–Crippen LogP) is 7.56. The monoisotopic (exact) mass is 612 g/mol. The Morgan fingerprint density at radius 1 is 0.596 bits per heavy atom. The van der Waals surface area contributed by atoms with Gasteiger partial charge in [0.05, 0.1) is 75.4 Å². The molecule has 47 heavy (non-hydrogen) atoms. The maximum Gasteiger partial charge on any atom is 0.417 e. The van der Waals surface area contributed by atoms with Crippen LogP contribution in [-0.2, 0) is 0 Å². The highest BCUT2D eigenvalue weighted by Gasteiger charge is 2.46. The molecule has 3 aromatic rings. The summed E-state index contributed by atoms with van der Waals surface area (Å²) in [6.45, 7) is 9.43. The van der Waals surface area contributed by atoms with Crippen molar-refractivity contribution in [1.29, 1.82) is 36.8 Å². The van der Waals surface area contributed by atoms with Gasteiger partial charge < -0.3 is 0 Å². The summed E-state index contributed by atoms with van der Waals surface area (Å²) in [6.07, 6.45) is -5.14. The summed E-state index contributed by atoms with van der Waals surface area (Å²) >= 11 is 0. The van der Waals surface area contributed by atoms with Crippen LogP contribution in [0, 0.1) is 85.9 Å². The van der Waals surface area contributed by atoms with Crippen LogP contribution in [0.4, 0.5) is 13.2 Å². The first-order chi connectivity index (χ1) is 22.5. The lowest BCUT2D eigenvalue weighted by Crippen LogP contribution is -2.13. The van der Waals surface area contributed by atoms with Crippen LogP contribution in [0.5, 0.6) is 0 Å². The third kappa shape index (κ3) is 4.83. The normalized spacial score (nSPS) is 15.0. The molecule has 0 saturated heterocycles. The zero-order chi connectivity index (χ0) is 34.2. The lowest BCUT2D eigenvalue weighted by Gasteiger charge is -2.15. The number of hydrogen-bond donors (Lipinski definition) is 0. The first-order valence-corrected chi connectivity index (χ1v) is 13.2. The van der Waals surface area contributed by atoms with Crippen LogP contribution in [0.25, 0.3) is 38.4 Å². The van der Waals surface area contributed by atoms with Gasteiger partial charge in [-0.15, -0.1) is 0 Å². The van der Waals surface area contributed by atoms with Crippen molar-refractivity contribution in [2.75, 3.05) is 0 Å². The number of allylic oxidation sites excluding steroid dienone is 7. The smallest absolute Gasteiger partial charge is 0.237 e. The van der Waals surface area contributed by atoms with Gasteiger partial charge in [0.2, 0.25) is 5.70 Å². The Balaban J connectivity index is 1.95. The maximum atomic E-state index is 14.8. The Morgan fingerprint density at radius 2 is 1.04 bits per heavy atom. The number of fused-ring (bicyclic) bond motifs is 2. The van der Waals surface area contributed by atoms with Gasteiger partial charge in [0.1, 0.15) is 18.2 Å². The number of nitrogens with zero attached hydrogens (tertiary/aromatic N) is 8. The molecule has 0 N–H and O–H groups in total. The van der Waals surface area contributed by atoms with Crippen LogP contribution >= 0.6 is 0 Å². The molecular weight excluding hydrogens is 601 g/mol.